The lowest BCUT2D eigenvalue weighted by molar-refractivity contribution is 0.349. The Kier molecular flexibility index (Phi) is 4.64. The maximum atomic E-state index is 12.1. The smallest absolute Gasteiger partial charge is 0.271 e. The van der Waals surface area contributed by atoms with Crippen LogP contribution >= 0.6 is 15.9 Å². The van der Waals surface area contributed by atoms with Gasteiger partial charge in [-0.25, -0.2) is 0 Å². The van der Waals surface area contributed by atoms with E-state index in [-0.39, 0.29) is 0 Å². The fourth-order valence-corrected chi connectivity index (χ4v) is 3.66. The number of benzene rings is 1. The van der Waals surface area contributed by atoms with Gasteiger partial charge >= 0.3 is 10.2 Å². The molecule has 6 heteroatoms. The van der Waals surface area contributed by atoms with E-state index in [1.807, 2.05) is 12.1 Å². The van der Waals surface area contributed by atoms with Gasteiger partial charge in [0.25, 0.3) is 0 Å². The van der Waals surface area contributed by atoms with Crippen molar-refractivity contribution in [3.05, 3.63) is 29.8 Å². The molecule has 0 spiro atoms. The molecule has 0 bridgehead atoms. The molecule has 1 fully saturated rings. The third-order valence-electron chi connectivity index (χ3n) is 3.01. The summed E-state index contributed by atoms with van der Waals surface area (Å²) in [4.78, 5) is 0. The predicted octanol–water partition coefficient (Wildman–Crippen LogP) is 2.72. The number of piperidine rings is 1. The number of nitrogens with zero attached hydrogens (tertiary/aromatic N) is 1. The van der Waals surface area contributed by atoms with E-state index in [1.165, 1.54) is 4.31 Å². The molecule has 100 valence electrons. The molecule has 0 atom stereocenters. The summed E-state index contributed by atoms with van der Waals surface area (Å²) in [6.45, 7) is 1.24. The van der Waals surface area contributed by atoms with Crippen LogP contribution in [0.4, 0.5) is 5.69 Å². The van der Waals surface area contributed by atoms with Crippen molar-refractivity contribution in [2.24, 2.45) is 0 Å². The zero-order valence-electron chi connectivity index (χ0n) is 10.1. The number of anilines is 1. The Balaban J connectivity index is 2.06. The summed E-state index contributed by atoms with van der Waals surface area (Å²) in [5.41, 5.74) is 1.74. The van der Waals surface area contributed by atoms with Crippen LogP contribution in [0.15, 0.2) is 24.3 Å². The van der Waals surface area contributed by atoms with Crippen LogP contribution in [-0.2, 0) is 15.5 Å². The zero-order chi connectivity index (χ0) is 13.0. The molecule has 2 rings (SSSR count). The highest BCUT2D eigenvalue weighted by atomic mass is 79.9. The lowest BCUT2D eigenvalue weighted by atomic mass is 10.2. The molecule has 0 saturated carbocycles. The van der Waals surface area contributed by atoms with Gasteiger partial charge in [-0.2, -0.15) is 12.7 Å². The van der Waals surface area contributed by atoms with Crippen molar-refractivity contribution in [1.29, 1.82) is 0 Å². The second-order valence-electron chi connectivity index (χ2n) is 4.40. The normalized spacial score (nSPS) is 17.6. The van der Waals surface area contributed by atoms with E-state index in [2.05, 4.69) is 20.7 Å². The Morgan fingerprint density at radius 2 is 1.72 bits per heavy atom. The topological polar surface area (TPSA) is 49.4 Å². The van der Waals surface area contributed by atoms with E-state index >= 15 is 0 Å². The fourth-order valence-electron chi connectivity index (χ4n) is 1.98. The SMILES string of the molecule is O=S(=O)(Nc1ccc(CBr)cc1)N1CCCCC1. The Labute approximate surface area is 117 Å². The highest BCUT2D eigenvalue weighted by Crippen LogP contribution is 2.17. The largest absolute Gasteiger partial charge is 0.301 e. The van der Waals surface area contributed by atoms with E-state index in [0.717, 1.165) is 30.2 Å². The molecule has 1 aliphatic rings. The van der Waals surface area contributed by atoms with Crippen LogP contribution in [0.5, 0.6) is 0 Å². The van der Waals surface area contributed by atoms with E-state index in [9.17, 15) is 8.42 Å². The average molecular weight is 333 g/mol. The van der Waals surface area contributed by atoms with Crippen LogP contribution in [0, 0.1) is 0 Å². The van der Waals surface area contributed by atoms with E-state index in [4.69, 9.17) is 0 Å². The Bertz CT molecular complexity index is 481. The monoisotopic (exact) mass is 332 g/mol. The van der Waals surface area contributed by atoms with E-state index < -0.39 is 10.2 Å². The first-order valence-corrected chi connectivity index (χ1v) is 8.61. The number of nitrogens with one attached hydrogen (secondary N) is 1. The molecular formula is C12H17BrN2O2S. The van der Waals surface area contributed by atoms with Gasteiger partial charge in [0.1, 0.15) is 0 Å². The predicted molar refractivity (Wildman–Crippen MR) is 77.0 cm³/mol. The third-order valence-corrected chi connectivity index (χ3v) is 5.20. The second kappa shape index (κ2) is 6.04. The molecule has 18 heavy (non-hydrogen) atoms. The highest BCUT2D eigenvalue weighted by Gasteiger charge is 2.23. The number of halogens is 1. The zero-order valence-corrected chi connectivity index (χ0v) is 12.5. The molecule has 1 N–H and O–H groups in total. The van der Waals surface area contributed by atoms with Gasteiger partial charge in [0.05, 0.1) is 0 Å². The maximum absolute atomic E-state index is 12.1. The van der Waals surface area contributed by atoms with Gasteiger partial charge in [0, 0.05) is 24.1 Å². The van der Waals surface area contributed by atoms with Crippen molar-refractivity contribution in [1.82, 2.24) is 4.31 Å². The minimum Gasteiger partial charge on any atom is -0.271 e. The molecule has 1 heterocycles. The number of hydrogen-bond donors (Lipinski definition) is 1. The third kappa shape index (κ3) is 3.46. The first-order valence-electron chi connectivity index (χ1n) is 6.04. The Hall–Kier alpha value is -0.590. The quantitative estimate of drug-likeness (QED) is 0.862. The van der Waals surface area contributed by atoms with Crippen molar-refractivity contribution in [2.45, 2.75) is 24.6 Å². The minimum absolute atomic E-state index is 0.616. The minimum atomic E-state index is -3.38. The molecule has 0 aliphatic carbocycles. The number of hydrogen-bond acceptors (Lipinski definition) is 2. The molecular weight excluding hydrogens is 316 g/mol. The van der Waals surface area contributed by atoms with Gasteiger partial charge < -0.3 is 0 Å². The number of alkyl halides is 1. The summed E-state index contributed by atoms with van der Waals surface area (Å²) in [5, 5.41) is 0.770. The lowest BCUT2D eigenvalue weighted by Crippen LogP contribution is -2.39. The van der Waals surface area contributed by atoms with Gasteiger partial charge in [-0.05, 0) is 30.5 Å². The molecule has 1 saturated heterocycles. The van der Waals surface area contributed by atoms with Crippen molar-refractivity contribution in [3.63, 3.8) is 0 Å². The van der Waals surface area contributed by atoms with E-state index in [1.54, 1.807) is 12.1 Å². The van der Waals surface area contributed by atoms with Crippen molar-refractivity contribution >= 4 is 31.8 Å². The summed E-state index contributed by atoms with van der Waals surface area (Å²) in [5.74, 6) is 0. The van der Waals surface area contributed by atoms with Crippen LogP contribution in [0.2, 0.25) is 0 Å². The van der Waals surface area contributed by atoms with Gasteiger partial charge in [-0.3, -0.25) is 4.72 Å². The standard InChI is InChI=1S/C12H17BrN2O2S/c13-10-11-4-6-12(7-5-11)14-18(16,17)15-8-2-1-3-9-15/h4-7,14H,1-3,8-10H2. The molecule has 1 aliphatic heterocycles. The van der Waals surface area contributed by atoms with Gasteiger partial charge in [-0.15, -0.1) is 0 Å². The highest BCUT2D eigenvalue weighted by molar-refractivity contribution is 9.08. The van der Waals surface area contributed by atoms with Crippen LogP contribution in [-0.4, -0.2) is 25.8 Å². The van der Waals surface area contributed by atoms with Gasteiger partial charge in [0.15, 0.2) is 0 Å². The van der Waals surface area contributed by atoms with Gasteiger partial charge in [0.2, 0.25) is 0 Å². The summed E-state index contributed by atoms with van der Waals surface area (Å²) >= 11 is 3.36. The van der Waals surface area contributed by atoms with Crippen LogP contribution in [0.1, 0.15) is 24.8 Å². The molecule has 0 aromatic heterocycles. The first kappa shape index (κ1) is 13.8. The lowest BCUT2D eigenvalue weighted by Gasteiger charge is -2.26. The molecule has 1 aromatic rings. The maximum Gasteiger partial charge on any atom is 0.301 e. The fraction of sp³-hybridized carbons (Fsp3) is 0.500. The number of rotatable bonds is 4. The van der Waals surface area contributed by atoms with Crippen LogP contribution in [0.3, 0.4) is 0 Å². The van der Waals surface area contributed by atoms with Crippen molar-refractivity contribution in [2.75, 3.05) is 17.8 Å². The molecule has 0 amide bonds. The van der Waals surface area contributed by atoms with Crippen molar-refractivity contribution < 1.29 is 8.42 Å². The first-order chi connectivity index (χ1) is 8.62. The van der Waals surface area contributed by atoms with Crippen molar-refractivity contribution in [3.8, 4) is 0 Å². The van der Waals surface area contributed by atoms with E-state index in [0.29, 0.717) is 18.8 Å². The molecule has 0 radical (unpaired) electrons. The molecule has 4 nitrogen and oxygen atoms in total. The summed E-state index contributed by atoms with van der Waals surface area (Å²) in [6, 6.07) is 7.39. The van der Waals surface area contributed by atoms with Crippen LogP contribution in [0.25, 0.3) is 0 Å². The Morgan fingerprint density at radius 1 is 1.11 bits per heavy atom. The van der Waals surface area contributed by atoms with Crippen LogP contribution < -0.4 is 4.72 Å². The summed E-state index contributed by atoms with van der Waals surface area (Å²) in [6.07, 6.45) is 3.01. The van der Waals surface area contributed by atoms with Gasteiger partial charge in [-0.1, -0.05) is 34.5 Å². The Morgan fingerprint density at radius 3 is 2.28 bits per heavy atom. The molecule has 0 unspecified atom stereocenters. The second-order valence-corrected chi connectivity index (χ2v) is 6.63. The summed E-state index contributed by atoms with van der Waals surface area (Å²) < 4.78 is 28.4. The summed E-state index contributed by atoms with van der Waals surface area (Å²) in [7, 11) is -3.38. The average Bonchev–Trinajstić information content (AvgIpc) is 2.40. The molecule has 1 aromatic carbocycles.